The minimum absolute atomic E-state index is 0.355. The molecule has 2 heterocycles. The number of nitrogens with one attached hydrogen (secondary N) is 1. The van der Waals surface area contributed by atoms with Crippen molar-refractivity contribution in [2.24, 2.45) is 0 Å². The molecule has 1 N–H and O–H groups in total. The molecule has 1 aromatic heterocycles. The van der Waals surface area contributed by atoms with Crippen LogP contribution in [0.5, 0.6) is 0 Å². The lowest BCUT2D eigenvalue weighted by molar-refractivity contribution is 0.357. The average molecular weight is 196 g/mol. The van der Waals surface area contributed by atoms with E-state index in [4.69, 9.17) is 0 Å². The molecule has 0 radical (unpaired) electrons. The smallest absolute Gasteiger partial charge is 0.0794 e. The zero-order valence-electron chi connectivity index (χ0n) is 8.05. The first-order valence-corrected chi connectivity index (χ1v) is 5.91. The number of aromatic nitrogens is 1. The largest absolute Gasteiger partial charge is 0.311 e. The van der Waals surface area contributed by atoms with Crippen molar-refractivity contribution in [3.8, 4) is 0 Å². The lowest BCUT2D eigenvalue weighted by Crippen LogP contribution is -2.41. The van der Waals surface area contributed by atoms with E-state index in [1.165, 1.54) is 31.5 Å². The molecule has 2 nitrogen and oxygen atoms in total. The maximum atomic E-state index is 4.35. The van der Waals surface area contributed by atoms with Gasteiger partial charge < -0.3 is 5.32 Å². The van der Waals surface area contributed by atoms with E-state index in [9.17, 15) is 0 Å². The SMILES string of the molecule is CCC1(Cc2cscn2)CCCN1. The molecule has 1 fully saturated rings. The van der Waals surface area contributed by atoms with Crippen molar-refractivity contribution in [1.82, 2.24) is 10.3 Å². The molecular formula is C10H16N2S. The molecule has 0 bridgehead atoms. The lowest BCUT2D eigenvalue weighted by atomic mass is 9.89. The van der Waals surface area contributed by atoms with Gasteiger partial charge in [0.2, 0.25) is 0 Å². The van der Waals surface area contributed by atoms with Crippen LogP contribution < -0.4 is 5.32 Å². The minimum Gasteiger partial charge on any atom is -0.311 e. The maximum Gasteiger partial charge on any atom is 0.0794 e. The maximum absolute atomic E-state index is 4.35. The third-order valence-electron chi connectivity index (χ3n) is 3.01. The van der Waals surface area contributed by atoms with Crippen LogP contribution >= 0.6 is 11.3 Å². The van der Waals surface area contributed by atoms with Crippen LogP contribution in [0.4, 0.5) is 0 Å². The van der Waals surface area contributed by atoms with Crippen molar-refractivity contribution in [3.05, 3.63) is 16.6 Å². The molecule has 1 saturated heterocycles. The molecule has 3 heteroatoms. The van der Waals surface area contributed by atoms with Crippen molar-refractivity contribution in [2.75, 3.05) is 6.54 Å². The highest BCUT2D eigenvalue weighted by Gasteiger charge is 2.31. The van der Waals surface area contributed by atoms with Crippen molar-refractivity contribution in [3.63, 3.8) is 0 Å². The third-order valence-corrected chi connectivity index (χ3v) is 3.65. The number of hydrogen-bond acceptors (Lipinski definition) is 3. The molecule has 1 atom stereocenters. The summed E-state index contributed by atoms with van der Waals surface area (Å²) >= 11 is 1.69. The zero-order chi connectivity index (χ0) is 9.15. The fourth-order valence-electron chi connectivity index (χ4n) is 2.12. The van der Waals surface area contributed by atoms with Gasteiger partial charge in [0.1, 0.15) is 0 Å². The van der Waals surface area contributed by atoms with Crippen LogP contribution in [0, 0.1) is 0 Å². The summed E-state index contributed by atoms with van der Waals surface area (Å²) in [6.07, 6.45) is 4.94. The van der Waals surface area contributed by atoms with E-state index in [0.717, 1.165) is 6.42 Å². The van der Waals surface area contributed by atoms with Gasteiger partial charge in [0.15, 0.2) is 0 Å². The van der Waals surface area contributed by atoms with Crippen molar-refractivity contribution in [2.45, 2.75) is 38.1 Å². The fourth-order valence-corrected chi connectivity index (χ4v) is 2.68. The van der Waals surface area contributed by atoms with E-state index in [1.54, 1.807) is 11.3 Å². The second-order valence-electron chi connectivity index (χ2n) is 3.82. The van der Waals surface area contributed by atoms with Crippen LogP contribution in [0.15, 0.2) is 10.9 Å². The summed E-state index contributed by atoms with van der Waals surface area (Å²) in [6.45, 7) is 3.45. The molecule has 0 saturated carbocycles. The van der Waals surface area contributed by atoms with Crippen molar-refractivity contribution in [1.29, 1.82) is 0 Å². The van der Waals surface area contributed by atoms with E-state index in [-0.39, 0.29) is 0 Å². The van der Waals surface area contributed by atoms with Crippen LogP contribution in [0.3, 0.4) is 0 Å². The monoisotopic (exact) mass is 196 g/mol. The average Bonchev–Trinajstić information content (AvgIpc) is 2.77. The van der Waals surface area contributed by atoms with Crippen LogP contribution in [0.25, 0.3) is 0 Å². The summed E-state index contributed by atoms with van der Waals surface area (Å²) < 4.78 is 0. The quantitative estimate of drug-likeness (QED) is 0.802. The molecule has 2 rings (SSSR count). The standard InChI is InChI=1S/C10H16N2S/c1-2-10(4-3-5-12-10)6-9-7-13-8-11-9/h7-8,12H,2-6H2,1H3. The molecule has 1 aliphatic rings. The molecule has 1 aromatic rings. The Morgan fingerprint density at radius 3 is 3.15 bits per heavy atom. The van der Waals surface area contributed by atoms with Crippen LogP contribution in [-0.4, -0.2) is 17.1 Å². The molecule has 0 spiro atoms. The molecule has 72 valence electrons. The van der Waals surface area contributed by atoms with Crippen LogP contribution in [-0.2, 0) is 6.42 Å². The number of hydrogen-bond donors (Lipinski definition) is 1. The summed E-state index contributed by atoms with van der Waals surface area (Å²) in [6, 6.07) is 0. The Kier molecular flexibility index (Phi) is 2.65. The van der Waals surface area contributed by atoms with Gasteiger partial charge in [-0.15, -0.1) is 11.3 Å². The summed E-state index contributed by atoms with van der Waals surface area (Å²) in [5, 5.41) is 5.79. The Hall–Kier alpha value is -0.410. The van der Waals surface area contributed by atoms with E-state index < -0.39 is 0 Å². The Morgan fingerprint density at radius 2 is 2.62 bits per heavy atom. The van der Waals surface area contributed by atoms with E-state index in [2.05, 4.69) is 22.6 Å². The molecular weight excluding hydrogens is 180 g/mol. The predicted octanol–water partition coefficient (Wildman–Crippen LogP) is 2.22. The van der Waals surface area contributed by atoms with E-state index in [1.807, 2.05) is 5.51 Å². The molecule has 0 aliphatic carbocycles. The number of nitrogens with zero attached hydrogens (tertiary/aromatic N) is 1. The van der Waals surface area contributed by atoms with Gasteiger partial charge in [-0.3, -0.25) is 0 Å². The van der Waals surface area contributed by atoms with Gasteiger partial charge in [-0.25, -0.2) is 4.98 Å². The van der Waals surface area contributed by atoms with Gasteiger partial charge in [0.25, 0.3) is 0 Å². The highest BCUT2D eigenvalue weighted by molar-refractivity contribution is 7.07. The molecule has 1 aliphatic heterocycles. The summed E-state index contributed by atoms with van der Waals surface area (Å²) in [5.74, 6) is 0. The zero-order valence-corrected chi connectivity index (χ0v) is 8.86. The normalized spacial score (nSPS) is 28.1. The number of thiazole rings is 1. The topological polar surface area (TPSA) is 24.9 Å². The van der Waals surface area contributed by atoms with Gasteiger partial charge in [-0.1, -0.05) is 6.92 Å². The minimum atomic E-state index is 0.355. The molecule has 0 aromatic carbocycles. The van der Waals surface area contributed by atoms with E-state index in [0.29, 0.717) is 5.54 Å². The number of rotatable bonds is 3. The molecule has 1 unspecified atom stereocenters. The highest BCUT2D eigenvalue weighted by Crippen LogP contribution is 2.26. The first-order valence-electron chi connectivity index (χ1n) is 4.97. The van der Waals surface area contributed by atoms with Gasteiger partial charge in [0.05, 0.1) is 11.2 Å². The second kappa shape index (κ2) is 3.76. The Labute approximate surface area is 83.4 Å². The van der Waals surface area contributed by atoms with Crippen LogP contribution in [0.1, 0.15) is 31.9 Å². The highest BCUT2D eigenvalue weighted by atomic mass is 32.1. The first kappa shape index (κ1) is 9.16. The lowest BCUT2D eigenvalue weighted by Gasteiger charge is -2.27. The van der Waals surface area contributed by atoms with Gasteiger partial charge >= 0.3 is 0 Å². The molecule has 13 heavy (non-hydrogen) atoms. The van der Waals surface area contributed by atoms with Gasteiger partial charge in [-0.2, -0.15) is 0 Å². The Bertz CT molecular complexity index is 250. The summed E-state index contributed by atoms with van der Waals surface area (Å²) in [5.41, 5.74) is 3.53. The summed E-state index contributed by atoms with van der Waals surface area (Å²) in [7, 11) is 0. The summed E-state index contributed by atoms with van der Waals surface area (Å²) in [4.78, 5) is 4.35. The Balaban J connectivity index is 2.06. The van der Waals surface area contributed by atoms with E-state index >= 15 is 0 Å². The Morgan fingerprint density at radius 1 is 1.69 bits per heavy atom. The van der Waals surface area contributed by atoms with Crippen molar-refractivity contribution < 1.29 is 0 Å². The molecule has 0 amide bonds. The van der Waals surface area contributed by atoms with Gasteiger partial charge in [-0.05, 0) is 25.8 Å². The predicted molar refractivity (Wildman–Crippen MR) is 56.1 cm³/mol. The fraction of sp³-hybridized carbons (Fsp3) is 0.700. The van der Waals surface area contributed by atoms with Crippen LogP contribution in [0.2, 0.25) is 0 Å². The second-order valence-corrected chi connectivity index (χ2v) is 4.54. The van der Waals surface area contributed by atoms with Crippen molar-refractivity contribution >= 4 is 11.3 Å². The first-order chi connectivity index (χ1) is 6.35. The third kappa shape index (κ3) is 1.92. The van der Waals surface area contributed by atoms with Gasteiger partial charge in [0, 0.05) is 17.3 Å².